The highest BCUT2D eigenvalue weighted by atomic mass is 32.2. The average Bonchev–Trinajstić information content (AvgIpc) is 2.92. The number of amides is 1. The minimum atomic E-state index is -0.707. The molecule has 26 heavy (non-hydrogen) atoms. The Bertz CT molecular complexity index is 795. The molecule has 0 fully saturated rings. The molecule has 1 heterocycles. The van der Waals surface area contributed by atoms with Crippen molar-refractivity contribution in [3.63, 3.8) is 0 Å². The van der Waals surface area contributed by atoms with E-state index in [1.807, 2.05) is 31.2 Å². The summed E-state index contributed by atoms with van der Waals surface area (Å²) in [5, 5.41) is 10.7. The zero-order valence-electron chi connectivity index (χ0n) is 14.9. The molecule has 1 aromatic carbocycles. The number of para-hydroxylation sites is 1. The summed E-state index contributed by atoms with van der Waals surface area (Å²) in [4.78, 5) is 28.2. The van der Waals surface area contributed by atoms with Crippen LogP contribution in [0.1, 0.15) is 32.8 Å². The number of thioether (sulfide) groups is 1. The molecule has 1 N–H and O–H groups in total. The van der Waals surface area contributed by atoms with Gasteiger partial charge in [0.05, 0.1) is 18.1 Å². The highest BCUT2D eigenvalue weighted by Gasteiger charge is 2.33. The molecular weight excluding hydrogens is 354 g/mol. The fourth-order valence-corrected chi connectivity index (χ4v) is 3.23. The summed E-state index contributed by atoms with van der Waals surface area (Å²) in [6, 6.07) is 7.35. The predicted octanol–water partition coefficient (Wildman–Crippen LogP) is 3.88. The molecule has 0 bridgehead atoms. The van der Waals surface area contributed by atoms with Crippen LogP contribution in [0.5, 0.6) is 5.75 Å². The molecule has 7 heteroatoms. The third kappa shape index (κ3) is 4.54. The summed E-state index contributed by atoms with van der Waals surface area (Å²) >= 11 is 1.06. The van der Waals surface area contributed by atoms with Crippen LogP contribution >= 0.6 is 11.8 Å². The highest BCUT2D eigenvalue weighted by molar-refractivity contribution is 8.18. The third-order valence-corrected chi connectivity index (χ3v) is 4.42. The molecule has 138 valence electrons. The van der Waals surface area contributed by atoms with Gasteiger partial charge < -0.3 is 14.6 Å². The highest BCUT2D eigenvalue weighted by Crippen LogP contribution is 2.40. The second-order valence-corrected chi connectivity index (χ2v) is 6.22. The van der Waals surface area contributed by atoms with E-state index in [4.69, 9.17) is 9.47 Å². The lowest BCUT2D eigenvalue weighted by Crippen LogP contribution is -2.14. The summed E-state index contributed by atoms with van der Waals surface area (Å²) in [6.45, 7) is 5.88. The quantitative estimate of drug-likeness (QED) is 0.760. The molecule has 0 saturated heterocycles. The first-order chi connectivity index (χ1) is 12.5. The number of aliphatic hydroxyl groups excluding tert-OH is 1. The number of hydrogen-bond donors (Lipinski definition) is 1. The zero-order valence-corrected chi connectivity index (χ0v) is 15.8. The molecule has 1 aromatic rings. The molecule has 1 aliphatic rings. The van der Waals surface area contributed by atoms with E-state index in [9.17, 15) is 14.7 Å². The van der Waals surface area contributed by atoms with Crippen molar-refractivity contribution in [2.45, 2.75) is 27.2 Å². The van der Waals surface area contributed by atoms with Gasteiger partial charge in [-0.25, -0.2) is 9.79 Å². The Morgan fingerprint density at radius 3 is 2.58 bits per heavy atom. The summed E-state index contributed by atoms with van der Waals surface area (Å²) < 4.78 is 10.6. The van der Waals surface area contributed by atoms with Crippen molar-refractivity contribution in [3.8, 4) is 5.75 Å². The fraction of sp³-hybridized carbons (Fsp3) is 0.316. The van der Waals surface area contributed by atoms with Crippen molar-refractivity contribution < 1.29 is 24.2 Å². The number of aliphatic hydroxyl groups is 1. The van der Waals surface area contributed by atoms with Gasteiger partial charge in [-0.3, -0.25) is 4.79 Å². The van der Waals surface area contributed by atoms with Gasteiger partial charge in [-0.15, -0.1) is 0 Å². The van der Waals surface area contributed by atoms with Crippen LogP contribution in [0.4, 0.5) is 0 Å². The number of esters is 1. The number of nitrogens with zero attached hydrogens (tertiary/aromatic N) is 1. The van der Waals surface area contributed by atoms with Crippen molar-refractivity contribution in [2.75, 3.05) is 13.2 Å². The van der Waals surface area contributed by atoms with Gasteiger partial charge >= 0.3 is 5.97 Å². The minimum absolute atomic E-state index is 0.0845. The number of carbonyl (C=O) groups excluding carboxylic acids is 2. The molecule has 0 saturated carbocycles. The van der Waals surface area contributed by atoms with Crippen molar-refractivity contribution in [1.82, 2.24) is 0 Å². The zero-order chi connectivity index (χ0) is 19.1. The largest absolute Gasteiger partial charge is 0.506 e. The van der Waals surface area contributed by atoms with E-state index in [1.165, 1.54) is 0 Å². The average molecular weight is 375 g/mol. The predicted molar refractivity (Wildman–Crippen MR) is 102 cm³/mol. The van der Waals surface area contributed by atoms with Crippen LogP contribution in [0.2, 0.25) is 0 Å². The fourth-order valence-electron chi connectivity index (χ4n) is 2.21. The number of aliphatic imine (C=N–C) groups is 1. The summed E-state index contributed by atoms with van der Waals surface area (Å²) in [7, 11) is 0. The lowest BCUT2D eigenvalue weighted by Gasteiger charge is -2.07. The summed E-state index contributed by atoms with van der Waals surface area (Å²) in [5.74, 6) is -0.675. The minimum Gasteiger partial charge on any atom is -0.506 e. The van der Waals surface area contributed by atoms with Crippen LogP contribution in [0.15, 0.2) is 45.5 Å². The Hall–Kier alpha value is -2.54. The maximum Gasteiger partial charge on any atom is 0.344 e. The Balaban J connectivity index is 2.49. The standard InChI is InChI=1S/C19H21NO5S/c1-4-15(21)20-18-16(19(23)25-6-3)17(22)14(26-18)11-12-9-7-8-10-13(12)24-5-2/h7-11,22H,4-6H2,1-3H3/b14-11-,20-18?. The number of benzene rings is 1. The Morgan fingerprint density at radius 1 is 1.19 bits per heavy atom. The number of rotatable bonds is 6. The van der Waals surface area contributed by atoms with Crippen LogP contribution in [0.25, 0.3) is 6.08 Å². The normalized spacial score (nSPS) is 17.0. The van der Waals surface area contributed by atoms with E-state index in [0.29, 0.717) is 17.3 Å². The van der Waals surface area contributed by atoms with Crippen LogP contribution in [0, 0.1) is 0 Å². The number of hydrogen-bond acceptors (Lipinski definition) is 6. The Labute approximate surface area is 156 Å². The van der Waals surface area contributed by atoms with Crippen molar-refractivity contribution in [3.05, 3.63) is 46.1 Å². The molecular formula is C19H21NO5S. The van der Waals surface area contributed by atoms with Gasteiger partial charge in [-0.05, 0) is 26.0 Å². The third-order valence-electron chi connectivity index (χ3n) is 3.40. The van der Waals surface area contributed by atoms with Gasteiger partial charge in [-0.2, -0.15) is 0 Å². The van der Waals surface area contributed by atoms with Crippen LogP contribution in [-0.4, -0.2) is 35.2 Å². The molecule has 0 spiro atoms. The lowest BCUT2D eigenvalue weighted by molar-refractivity contribution is -0.138. The second-order valence-electron chi connectivity index (χ2n) is 5.19. The molecule has 2 rings (SSSR count). The monoisotopic (exact) mass is 375 g/mol. The molecule has 6 nitrogen and oxygen atoms in total. The van der Waals surface area contributed by atoms with E-state index in [-0.39, 0.29) is 35.3 Å². The molecule has 0 unspecified atom stereocenters. The molecule has 0 aromatic heterocycles. The second kappa shape index (κ2) is 9.24. The van der Waals surface area contributed by atoms with Crippen molar-refractivity contribution >= 4 is 34.8 Å². The Kier molecular flexibility index (Phi) is 7.03. The number of carbonyl (C=O) groups is 2. The van der Waals surface area contributed by atoms with Gasteiger partial charge in [0.15, 0.2) is 0 Å². The molecule has 0 atom stereocenters. The maximum atomic E-state index is 12.2. The SMILES string of the molecule is CCOC(=O)C1=C(O)/C(=C/c2ccccc2OCC)SC1=NC(=O)CC. The topological polar surface area (TPSA) is 85.2 Å². The Morgan fingerprint density at radius 2 is 1.92 bits per heavy atom. The van der Waals surface area contributed by atoms with Gasteiger partial charge in [0, 0.05) is 12.0 Å². The van der Waals surface area contributed by atoms with Gasteiger partial charge in [-0.1, -0.05) is 36.9 Å². The van der Waals surface area contributed by atoms with Gasteiger partial charge in [0.2, 0.25) is 5.91 Å². The van der Waals surface area contributed by atoms with E-state index >= 15 is 0 Å². The smallest absolute Gasteiger partial charge is 0.344 e. The lowest BCUT2D eigenvalue weighted by atomic mass is 10.1. The molecule has 0 radical (unpaired) electrons. The van der Waals surface area contributed by atoms with E-state index in [0.717, 1.165) is 17.3 Å². The van der Waals surface area contributed by atoms with Gasteiger partial charge in [0.1, 0.15) is 22.1 Å². The first kappa shape index (κ1) is 19.8. The first-order valence-electron chi connectivity index (χ1n) is 8.35. The number of ether oxygens (including phenoxy) is 2. The van der Waals surface area contributed by atoms with E-state index in [1.54, 1.807) is 19.9 Å². The van der Waals surface area contributed by atoms with Gasteiger partial charge in [0.25, 0.3) is 0 Å². The maximum absolute atomic E-state index is 12.2. The summed E-state index contributed by atoms with van der Waals surface area (Å²) in [5.41, 5.74) is 0.661. The van der Waals surface area contributed by atoms with Crippen LogP contribution in [-0.2, 0) is 14.3 Å². The first-order valence-corrected chi connectivity index (χ1v) is 9.17. The molecule has 1 aliphatic heterocycles. The van der Waals surface area contributed by atoms with Crippen molar-refractivity contribution in [2.24, 2.45) is 4.99 Å². The molecule has 1 amide bonds. The van der Waals surface area contributed by atoms with Crippen LogP contribution < -0.4 is 4.74 Å². The van der Waals surface area contributed by atoms with Crippen molar-refractivity contribution in [1.29, 1.82) is 0 Å². The molecule has 0 aliphatic carbocycles. The van der Waals surface area contributed by atoms with E-state index < -0.39 is 5.97 Å². The summed E-state index contributed by atoms with van der Waals surface area (Å²) in [6.07, 6.45) is 1.90. The van der Waals surface area contributed by atoms with E-state index in [2.05, 4.69) is 4.99 Å². The van der Waals surface area contributed by atoms with Crippen LogP contribution in [0.3, 0.4) is 0 Å².